The van der Waals surface area contributed by atoms with E-state index in [1.807, 2.05) is 11.3 Å². The molecule has 0 bridgehead atoms. The normalized spacial score (nSPS) is 11.0. The third-order valence-electron chi connectivity index (χ3n) is 3.45. The second-order valence-corrected chi connectivity index (χ2v) is 5.61. The maximum atomic E-state index is 3.57. The molecule has 0 atom stereocenters. The van der Waals surface area contributed by atoms with E-state index in [0.29, 0.717) is 0 Å². The Bertz CT molecular complexity index is 850. The first kappa shape index (κ1) is 12.4. The van der Waals surface area contributed by atoms with E-state index in [1.54, 1.807) is 0 Å². The quantitative estimate of drug-likeness (QED) is 0.462. The van der Waals surface area contributed by atoms with E-state index in [-0.39, 0.29) is 12.4 Å². The Morgan fingerprint density at radius 1 is 1.00 bits per heavy atom. The Morgan fingerprint density at radius 3 is 2.74 bits per heavy atom. The van der Waals surface area contributed by atoms with Crippen molar-refractivity contribution in [3.05, 3.63) is 53.4 Å². The van der Waals surface area contributed by atoms with E-state index < -0.39 is 0 Å². The predicted octanol–water partition coefficient (Wildman–Crippen LogP) is 1.29. The minimum atomic E-state index is 0. The van der Waals surface area contributed by atoms with Gasteiger partial charge in [0.2, 0.25) is 11.2 Å². The molecule has 0 saturated carbocycles. The summed E-state index contributed by atoms with van der Waals surface area (Å²) in [5.74, 6) is 0. The summed E-state index contributed by atoms with van der Waals surface area (Å²) in [7, 11) is 0. The van der Waals surface area contributed by atoms with Crippen molar-refractivity contribution < 1.29 is 17.4 Å². The van der Waals surface area contributed by atoms with Crippen LogP contribution >= 0.6 is 11.3 Å². The van der Waals surface area contributed by atoms with Crippen molar-refractivity contribution in [2.45, 2.75) is 6.92 Å². The second-order valence-electron chi connectivity index (χ2n) is 4.69. The molecule has 0 aromatic heterocycles. The van der Waals surface area contributed by atoms with Crippen molar-refractivity contribution in [2.75, 3.05) is 0 Å². The first-order valence-electron chi connectivity index (χ1n) is 6.04. The first-order valence-corrected chi connectivity index (χ1v) is 6.92. The van der Waals surface area contributed by atoms with Gasteiger partial charge >= 0.3 is 0 Å². The average molecular weight is 286 g/mol. The number of aryl methyl sites for hydroxylation is 1. The minimum Gasteiger partial charge on any atom is -1.00 e. The molecule has 0 spiro atoms. The lowest BCUT2D eigenvalue weighted by atomic mass is 10.1. The van der Waals surface area contributed by atoms with E-state index in [4.69, 9.17) is 0 Å². The van der Waals surface area contributed by atoms with Crippen molar-refractivity contribution in [2.24, 2.45) is 0 Å². The van der Waals surface area contributed by atoms with Gasteiger partial charge in [0.25, 0.3) is 0 Å². The number of H-pyrrole nitrogens is 1. The maximum Gasteiger partial charge on any atom is 0.221 e. The number of hydrogen-bond donors (Lipinski definition) is 0. The highest BCUT2D eigenvalue weighted by molar-refractivity contribution is 7.17. The molecule has 0 saturated heterocycles. The van der Waals surface area contributed by atoms with Crippen molar-refractivity contribution in [3.63, 3.8) is 0 Å². The fourth-order valence-electron chi connectivity index (χ4n) is 2.57. The summed E-state index contributed by atoms with van der Waals surface area (Å²) in [5.41, 5.74) is 5.11. The molecule has 19 heavy (non-hydrogen) atoms. The van der Waals surface area contributed by atoms with E-state index in [2.05, 4.69) is 59.8 Å². The number of nitrogens with one attached hydrogen (secondary N) is 1. The summed E-state index contributed by atoms with van der Waals surface area (Å²) in [6.45, 7) is 2.13. The van der Waals surface area contributed by atoms with Crippen LogP contribution in [-0.4, -0.2) is 0 Å². The van der Waals surface area contributed by atoms with E-state index in [1.165, 1.54) is 37.8 Å². The van der Waals surface area contributed by atoms with Crippen molar-refractivity contribution >= 4 is 32.3 Å². The van der Waals surface area contributed by atoms with Crippen LogP contribution in [0.1, 0.15) is 5.56 Å². The molecule has 3 heteroatoms. The van der Waals surface area contributed by atoms with Gasteiger partial charge in [-0.25, -0.2) is 4.98 Å². The fourth-order valence-corrected chi connectivity index (χ4v) is 3.51. The highest BCUT2D eigenvalue weighted by Crippen LogP contribution is 2.36. The minimum absolute atomic E-state index is 0. The van der Waals surface area contributed by atoms with Gasteiger partial charge in [0.1, 0.15) is 0 Å². The molecule has 2 aromatic carbocycles. The topological polar surface area (TPSA) is 14.1 Å². The molecule has 2 heterocycles. The van der Waals surface area contributed by atoms with Crippen LogP contribution in [0.15, 0.2) is 47.8 Å². The van der Waals surface area contributed by atoms with Gasteiger partial charge in [-0.05, 0) is 30.7 Å². The number of hydrogen-bond acceptors (Lipinski definition) is 1. The summed E-state index contributed by atoms with van der Waals surface area (Å²) in [6, 6.07) is 15.2. The molecule has 2 aliphatic heterocycles. The van der Waals surface area contributed by atoms with Crippen LogP contribution in [0.4, 0.5) is 0 Å². The summed E-state index contributed by atoms with van der Waals surface area (Å²) in [5, 5.41) is 4.89. The lowest BCUT2D eigenvalue weighted by Crippen LogP contribution is -3.00. The highest BCUT2D eigenvalue weighted by atomic mass is 35.5. The zero-order valence-electron chi connectivity index (χ0n) is 10.4. The van der Waals surface area contributed by atoms with Crippen LogP contribution in [0, 0.1) is 6.92 Å². The lowest BCUT2D eigenvalue weighted by Gasteiger charge is -1.98. The summed E-state index contributed by atoms with van der Waals surface area (Å²) >= 11 is 1.81. The molecule has 2 aliphatic rings. The summed E-state index contributed by atoms with van der Waals surface area (Å²) in [6.07, 6.45) is 0. The summed E-state index contributed by atoms with van der Waals surface area (Å²) in [4.78, 5) is 3.57. The fraction of sp³-hybridized carbons (Fsp3) is 0.0625. The zero-order chi connectivity index (χ0) is 12.1. The molecular formula is C16H12ClNS. The first-order chi connectivity index (χ1) is 8.83. The monoisotopic (exact) mass is 285 g/mol. The smallest absolute Gasteiger partial charge is 0.221 e. The SMILES string of the molecule is Cc1ccc2c3csc4ccccc4c-3[nH+]c2c1.[Cl-]. The lowest BCUT2D eigenvalue weighted by molar-refractivity contribution is -0.325. The van der Waals surface area contributed by atoms with Crippen LogP contribution in [0.25, 0.3) is 32.2 Å². The highest BCUT2D eigenvalue weighted by Gasteiger charge is 2.21. The molecule has 0 aliphatic carbocycles. The van der Waals surface area contributed by atoms with Crippen molar-refractivity contribution in [1.29, 1.82) is 0 Å². The van der Waals surface area contributed by atoms with E-state index >= 15 is 0 Å². The van der Waals surface area contributed by atoms with E-state index in [9.17, 15) is 0 Å². The standard InChI is InChI=1S/C16H11NS.ClH/c1-10-6-7-11-13-9-18-15-5-3-2-4-12(15)16(13)17-14(11)8-10;/h2-9H,1H3;1H. The predicted molar refractivity (Wildman–Crippen MR) is 77.2 cm³/mol. The Morgan fingerprint density at radius 2 is 1.84 bits per heavy atom. The third kappa shape index (κ3) is 1.79. The molecule has 1 N–H and O–H groups in total. The molecule has 0 amide bonds. The molecular weight excluding hydrogens is 274 g/mol. The summed E-state index contributed by atoms with van der Waals surface area (Å²) < 4.78 is 1.33. The van der Waals surface area contributed by atoms with Gasteiger partial charge < -0.3 is 12.4 Å². The largest absolute Gasteiger partial charge is 1.00 e. The van der Waals surface area contributed by atoms with Gasteiger partial charge in [0, 0.05) is 16.1 Å². The van der Waals surface area contributed by atoms with Crippen LogP contribution < -0.4 is 17.4 Å². The number of fused-ring (bicyclic) bond motifs is 5. The Hall–Kier alpha value is -1.64. The molecule has 1 nitrogen and oxygen atoms in total. The average Bonchev–Trinajstić information content (AvgIpc) is 2.76. The maximum absolute atomic E-state index is 3.57. The number of rotatable bonds is 0. The Balaban J connectivity index is 0.00000110. The number of aromatic nitrogens is 1. The zero-order valence-corrected chi connectivity index (χ0v) is 12.0. The Kier molecular flexibility index (Phi) is 2.92. The number of aromatic amines is 1. The molecule has 0 unspecified atom stereocenters. The molecule has 2 aromatic rings. The van der Waals surface area contributed by atoms with Gasteiger partial charge in [-0.2, -0.15) is 0 Å². The molecule has 4 rings (SSSR count). The number of benzene rings is 2. The van der Waals surface area contributed by atoms with Crippen LogP contribution in [0.5, 0.6) is 0 Å². The van der Waals surface area contributed by atoms with Gasteiger partial charge in [0.15, 0.2) is 0 Å². The number of halogens is 1. The van der Waals surface area contributed by atoms with Crippen molar-refractivity contribution in [1.82, 2.24) is 0 Å². The molecule has 0 fully saturated rings. The molecule has 94 valence electrons. The van der Waals surface area contributed by atoms with Crippen LogP contribution in [0.3, 0.4) is 0 Å². The van der Waals surface area contributed by atoms with Gasteiger partial charge in [-0.15, -0.1) is 11.3 Å². The third-order valence-corrected chi connectivity index (χ3v) is 4.42. The van der Waals surface area contributed by atoms with Crippen LogP contribution in [-0.2, 0) is 0 Å². The molecule has 0 radical (unpaired) electrons. The van der Waals surface area contributed by atoms with Gasteiger partial charge in [0.05, 0.1) is 16.3 Å². The van der Waals surface area contributed by atoms with Gasteiger partial charge in [-0.1, -0.05) is 18.2 Å². The van der Waals surface area contributed by atoms with E-state index in [0.717, 1.165) is 0 Å². The van der Waals surface area contributed by atoms with Crippen LogP contribution in [0.2, 0.25) is 0 Å². The van der Waals surface area contributed by atoms with Crippen molar-refractivity contribution in [3.8, 4) is 11.3 Å². The van der Waals surface area contributed by atoms with Gasteiger partial charge in [-0.3, -0.25) is 0 Å². The Labute approximate surface area is 121 Å². The second kappa shape index (κ2) is 4.48.